The highest BCUT2D eigenvalue weighted by Crippen LogP contribution is 2.32. The number of rotatable bonds is 6. The third-order valence-corrected chi connectivity index (χ3v) is 6.07. The first-order chi connectivity index (χ1) is 15.5. The number of aromatic nitrogens is 1. The van der Waals surface area contributed by atoms with Gasteiger partial charge in [0.05, 0.1) is 6.04 Å². The molecule has 0 radical (unpaired) electrons. The van der Waals surface area contributed by atoms with E-state index in [4.69, 9.17) is 0 Å². The molecule has 1 aliphatic rings. The number of aryl methyl sites for hydroxylation is 1. The lowest BCUT2D eigenvalue weighted by Crippen LogP contribution is -2.42. The summed E-state index contributed by atoms with van der Waals surface area (Å²) < 4.78 is 80.6. The third-order valence-electron chi connectivity index (χ3n) is 5.21. The van der Waals surface area contributed by atoms with Crippen molar-refractivity contribution in [1.29, 1.82) is 0 Å². The molecule has 2 atom stereocenters. The minimum absolute atomic E-state index is 0.195. The van der Waals surface area contributed by atoms with Gasteiger partial charge < -0.3 is 25.0 Å². The van der Waals surface area contributed by atoms with Crippen molar-refractivity contribution in [1.82, 2.24) is 9.47 Å². The maximum Gasteiger partial charge on any atom is 0.407 e. The number of carbonyl (C=O) groups excluding carboxylic acids is 1. The zero-order valence-electron chi connectivity index (χ0n) is 16.8. The molecule has 0 saturated carbocycles. The third kappa shape index (κ3) is 4.59. The number of amides is 2. The number of likely N-dealkylation sites (tertiary alicyclic amines) is 1. The van der Waals surface area contributed by atoms with E-state index in [1.807, 2.05) is 5.32 Å². The summed E-state index contributed by atoms with van der Waals surface area (Å²) in [5, 5.41) is 20.7. The summed E-state index contributed by atoms with van der Waals surface area (Å²) in [5.74, 6) is -8.34. The van der Waals surface area contributed by atoms with Gasteiger partial charge in [0.1, 0.15) is 11.4 Å². The summed E-state index contributed by atoms with van der Waals surface area (Å²) in [6.07, 6.45) is -0.400. The highest BCUT2D eigenvalue weighted by Gasteiger charge is 2.41. The molecule has 15 heteroatoms. The average molecular weight is 494 g/mol. The van der Waals surface area contributed by atoms with Crippen LogP contribution in [0.3, 0.4) is 0 Å². The van der Waals surface area contributed by atoms with Crippen molar-refractivity contribution in [3.05, 3.63) is 47.3 Å². The Labute approximate surface area is 185 Å². The number of hydrogen-bond acceptors (Lipinski definition) is 5. The number of benzene rings is 1. The molecular formula is C18H18F4N4O6S. The molecule has 2 unspecified atom stereocenters. The Hall–Kier alpha value is -3.33. The van der Waals surface area contributed by atoms with Crippen LogP contribution in [0.4, 0.5) is 33.7 Å². The number of carbonyl (C=O) groups is 2. The van der Waals surface area contributed by atoms with E-state index in [-0.39, 0.29) is 13.1 Å². The van der Waals surface area contributed by atoms with E-state index in [2.05, 4.69) is 0 Å². The molecule has 1 fully saturated rings. The molecule has 2 aromatic rings. The minimum atomic E-state index is -3.54. The van der Waals surface area contributed by atoms with Crippen molar-refractivity contribution in [2.45, 2.75) is 6.04 Å². The number of halogens is 4. The quantitative estimate of drug-likeness (QED) is 0.271. The Bertz CT molecular complexity index is 1160. The van der Waals surface area contributed by atoms with Crippen LogP contribution >= 0.6 is 0 Å². The van der Waals surface area contributed by atoms with E-state index in [1.54, 1.807) is 0 Å². The molecule has 0 aliphatic carbocycles. The molecule has 3 N–H and O–H groups in total. The fraction of sp³-hybridized carbons (Fsp3) is 0.333. The molecule has 1 aromatic carbocycles. The Morgan fingerprint density at radius 2 is 1.76 bits per heavy atom. The van der Waals surface area contributed by atoms with Crippen LogP contribution in [0.5, 0.6) is 0 Å². The summed E-state index contributed by atoms with van der Waals surface area (Å²) in [4.78, 5) is 24.7. The van der Waals surface area contributed by atoms with Crippen LogP contribution in [-0.2, 0) is 17.9 Å². The van der Waals surface area contributed by atoms with Gasteiger partial charge in [0.15, 0.2) is 23.3 Å². The fourth-order valence-electron chi connectivity index (χ4n) is 3.67. The van der Waals surface area contributed by atoms with Crippen LogP contribution in [0.25, 0.3) is 0 Å². The zero-order chi connectivity index (χ0) is 24.6. The highest BCUT2D eigenvalue weighted by molar-refractivity contribution is 7.74. The van der Waals surface area contributed by atoms with Gasteiger partial charge in [-0.3, -0.25) is 9.10 Å². The smallest absolute Gasteiger partial charge is 0.407 e. The van der Waals surface area contributed by atoms with Crippen molar-refractivity contribution in [3.8, 4) is 0 Å². The van der Waals surface area contributed by atoms with Crippen LogP contribution in [0, 0.1) is 29.2 Å². The summed E-state index contributed by atoms with van der Waals surface area (Å²) >= 11 is 0. The second kappa shape index (κ2) is 9.27. The number of nitrogens with one attached hydrogen (secondary N) is 1. The Morgan fingerprint density at radius 3 is 2.27 bits per heavy atom. The SMILES string of the molecule is Cn1cc(N(C2CN(C(=O)O)CC2CO)[SH](=O)=O)c(F)c1C(=O)Nc1cc(F)c(F)c(F)c1. The molecular weight excluding hydrogens is 476 g/mol. The summed E-state index contributed by atoms with van der Waals surface area (Å²) in [5.41, 5.74) is -1.82. The second-order valence-corrected chi connectivity index (χ2v) is 8.18. The molecule has 1 saturated heterocycles. The minimum Gasteiger partial charge on any atom is -0.465 e. The lowest BCUT2D eigenvalue weighted by Gasteiger charge is -2.27. The van der Waals surface area contributed by atoms with Crippen LogP contribution in [0.2, 0.25) is 0 Å². The van der Waals surface area contributed by atoms with Crippen molar-refractivity contribution in [2.24, 2.45) is 13.0 Å². The number of carboxylic acid groups (broad SMARTS) is 1. The predicted octanol–water partition coefficient (Wildman–Crippen LogP) is 1.14. The molecule has 1 aliphatic heterocycles. The van der Waals surface area contributed by atoms with Crippen molar-refractivity contribution >= 4 is 34.3 Å². The van der Waals surface area contributed by atoms with E-state index >= 15 is 4.39 Å². The predicted molar refractivity (Wildman–Crippen MR) is 106 cm³/mol. The number of thiol groups is 1. The van der Waals surface area contributed by atoms with Crippen LogP contribution in [0.1, 0.15) is 10.5 Å². The first-order valence-corrected chi connectivity index (χ1v) is 10.4. The van der Waals surface area contributed by atoms with Crippen molar-refractivity contribution in [3.63, 3.8) is 0 Å². The van der Waals surface area contributed by atoms with Gasteiger partial charge in [0.25, 0.3) is 5.91 Å². The number of anilines is 2. The van der Waals surface area contributed by atoms with Crippen LogP contribution in [-0.4, -0.2) is 65.8 Å². The van der Waals surface area contributed by atoms with Crippen LogP contribution in [0.15, 0.2) is 18.3 Å². The Balaban J connectivity index is 1.97. The lowest BCUT2D eigenvalue weighted by molar-refractivity contribution is 0.101. The molecule has 2 amide bonds. The summed E-state index contributed by atoms with van der Waals surface area (Å²) in [7, 11) is -2.34. The molecule has 0 bridgehead atoms. The largest absolute Gasteiger partial charge is 0.465 e. The van der Waals surface area contributed by atoms with E-state index in [9.17, 15) is 41.4 Å². The van der Waals surface area contributed by atoms with E-state index in [0.29, 0.717) is 16.4 Å². The van der Waals surface area contributed by atoms with E-state index < -0.39 is 81.8 Å². The first kappa shape index (κ1) is 24.3. The summed E-state index contributed by atoms with van der Waals surface area (Å²) in [6, 6.07) is -0.201. The maximum atomic E-state index is 15.2. The molecule has 0 spiro atoms. The fourth-order valence-corrected chi connectivity index (χ4v) is 4.49. The first-order valence-electron chi connectivity index (χ1n) is 9.29. The topological polar surface area (TPSA) is 132 Å². The Kier molecular flexibility index (Phi) is 6.83. The standard InChI is InChI=1S/C18H18F4N4O6S/c1-24-5-13(26(33(31)32)12-6-25(18(29)30)4-8(12)7-27)15(22)16(24)17(28)23-9-2-10(19)14(21)11(20)3-9/h2-3,5,8,12,27,33H,4,6-7H2,1H3,(H,23,28)(H,29,30). The molecule has 2 heterocycles. The normalized spacial score (nSPS) is 18.1. The lowest BCUT2D eigenvalue weighted by atomic mass is 10.1. The Morgan fingerprint density at radius 1 is 1.15 bits per heavy atom. The summed E-state index contributed by atoms with van der Waals surface area (Å²) in [6.45, 7) is -1.13. The number of aliphatic hydroxyl groups is 1. The molecule has 10 nitrogen and oxygen atoms in total. The van der Waals surface area contributed by atoms with Gasteiger partial charge in [-0.15, -0.1) is 0 Å². The van der Waals surface area contributed by atoms with Gasteiger partial charge in [0, 0.05) is 56.7 Å². The molecule has 180 valence electrons. The van der Waals surface area contributed by atoms with E-state index in [1.165, 1.54) is 7.05 Å². The van der Waals surface area contributed by atoms with E-state index in [0.717, 1.165) is 15.7 Å². The van der Waals surface area contributed by atoms with Crippen molar-refractivity contribution in [2.75, 3.05) is 29.3 Å². The van der Waals surface area contributed by atoms with Crippen molar-refractivity contribution < 1.29 is 45.8 Å². The second-order valence-electron chi connectivity index (χ2n) is 7.28. The molecule has 33 heavy (non-hydrogen) atoms. The molecule has 3 rings (SSSR count). The number of aliphatic hydroxyl groups excluding tert-OH is 1. The zero-order valence-corrected chi connectivity index (χ0v) is 17.7. The highest BCUT2D eigenvalue weighted by atomic mass is 32.2. The molecule has 1 aromatic heterocycles. The van der Waals surface area contributed by atoms with Gasteiger partial charge in [-0.2, -0.15) is 0 Å². The van der Waals surface area contributed by atoms with Gasteiger partial charge in [-0.05, 0) is 0 Å². The average Bonchev–Trinajstić information content (AvgIpc) is 3.27. The van der Waals surface area contributed by atoms with Gasteiger partial charge in [-0.25, -0.2) is 30.8 Å². The number of hydrogen-bond donors (Lipinski definition) is 4. The van der Waals surface area contributed by atoms with Crippen LogP contribution < -0.4 is 9.62 Å². The maximum absolute atomic E-state index is 15.2. The monoisotopic (exact) mass is 494 g/mol. The van der Waals surface area contributed by atoms with Gasteiger partial charge >= 0.3 is 6.09 Å². The number of nitrogens with zero attached hydrogens (tertiary/aromatic N) is 3. The van der Waals surface area contributed by atoms with Gasteiger partial charge in [0.2, 0.25) is 10.9 Å². The van der Waals surface area contributed by atoms with Gasteiger partial charge in [-0.1, -0.05) is 0 Å².